The van der Waals surface area contributed by atoms with Crippen LogP contribution in [-0.4, -0.2) is 18.9 Å². The van der Waals surface area contributed by atoms with Crippen LogP contribution >= 0.6 is 0 Å². The summed E-state index contributed by atoms with van der Waals surface area (Å²) in [6.45, 7) is 7.56. The zero-order valence-corrected chi connectivity index (χ0v) is 11.6. The summed E-state index contributed by atoms with van der Waals surface area (Å²) in [5.74, 6) is -1.42. The highest BCUT2D eigenvalue weighted by molar-refractivity contribution is 6.09. The topological polar surface area (TPSA) is 43.4 Å². The van der Waals surface area contributed by atoms with Crippen LogP contribution in [0.1, 0.15) is 35.3 Å². The first-order valence-corrected chi connectivity index (χ1v) is 6.07. The highest BCUT2D eigenvalue weighted by Gasteiger charge is 2.32. The second-order valence-electron chi connectivity index (χ2n) is 4.93. The van der Waals surface area contributed by atoms with E-state index in [1.54, 1.807) is 6.07 Å². The smallest absolute Gasteiger partial charge is 0.316 e. The van der Waals surface area contributed by atoms with Gasteiger partial charge < -0.3 is 4.74 Å². The van der Waals surface area contributed by atoms with Gasteiger partial charge in [0, 0.05) is 5.56 Å². The highest BCUT2D eigenvalue weighted by atomic mass is 16.5. The Labute approximate surface area is 108 Å². The Hall–Kier alpha value is -1.64. The summed E-state index contributed by atoms with van der Waals surface area (Å²) in [6.07, 6.45) is 0. The van der Waals surface area contributed by atoms with Crippen LogP contribution in [0.4, 0.5) is 0 Å². The molecule has 0 saturated carbocycles. The molecule has 0 radical (unpaired) electrons. The zero-order valence-electron chi connectivity index (χ0n) is 11.6. The molecule has 1 rings (SSSR count). The first kappa shape index (κ1) is 14.4. The Morgan fingerprint density at radius 3 is 2.22 bits per heavy atom. The van der Waals surface area contributed by atoms with Gasteiger partial charge in [-0.15, -0.1) is 0 Å². The van der Waals surface area contributed by atoms with Crippen molar-refractivity contribution in [2.24, 2.45) is 11.8 Å². The highest BCUT2D eigenvalue weighted by Crippen LogP contribution is 2.21. The SMILES string of the molecule is COC(=O)C(C(=O)c1ccc(C)cc1C)C(C)C. The minimum Gasteiger partial charge on any atom is -0.468 e. The molecule has 1 aromatic carbocycles. The summed E-state index contributed by atoms with van der Waals surface area (Å²) in [5, 5.41) is 0. The number of aryl methyl sites for hydroxylation is 2. The number of Topliss-reactive ketones (excluding diaryl/α,β-unsaturated/α-hetero) is 1. The maximum Gasteiger partial charge on any atom is 0.316 e. The molecule has 0 saturated heterocycles. The van der Waals surface area contributed by atoms with Gasteiger partial charge in [-0.05, 0) is 25.3 Å². The van der Waals surface area contributed by atoms with Gasteiger partial charge in [0.25, 0.3) is 0 Å². The molecule has 1 atom stereocenters. The molecule has 0 spiro atoms. The predicted molar refractivity (Wildman–Crippen MR) is 70.6 cm³/mol. The maximum atomic E-state index is 12.4. The molecule has 1 aromatic rings. The molecule has 0 heterocycles. The fourth-order valence-electron chi connectivity index (χ4n) is 2.07. The first-order chi connectivity index (χ1) is 8.38. The third-order valence-electron chi connectivity index (χ3n) is 3.05. The molecule has 3 heteroatoms. The van der Waals surface area contributed by atoms with Crippen molar-refractivity contribution in [3.63, 3.8) is 0 Å². The first-order valence-electron chi connectivity index (χ1n) is 6.07. The number of ether oxygens (including phenoxy) is 1. The van der Waals surface area contributed by atoms with E-state index in [0.29, 0.717) is 5.56 Å². The average molecular weight is 248 g/mol. The van der Waals surface area contributed by atoms with Crippen LogP contribution in [-0.2, 0) is 9.53 Å². The van der Waals surface area contributed by atoms with E-state index in [0.717, 1.165) is 11.1 Å². The molecule has 0 aliphatic rings. The molecular weight excluding hydrogens is 228 g/mol. The van der Waals surface area contributed by atoms with Crippen molar-refractivity contribution in [1.82, 2.24) is 0 Å². The molecule has 0 amide bonds. The molecule has 98 valence electrons. The van der Waals surface area contributed by atoms with Crippen LogP contribution in [0.25, 0.3) is 0 Å². The van der Waals surface area contributed by atoms with Gasteiger partial charge in [-0.2, -0.15) is 0 Å². The largest absolute Gasteiger partial charge is 0.468 e. The van der Waals surface area contributed by atoms with E-state index >= 15 is 0 Å². The lowest BCUT2D eigenvalue weighted by atomic mass is 9.86. The lowest BCUT2D eigenvalue weighted by Crippen LogP contribution is -2.30. The summed E-state index contributed by atoms with van der Waals surface area (Å²) in [7, 11) is 1.31. The molecule has 1 unspecified atom stereocenters. The molecule has 0 aromatic heterocycles. The van der Waals surface area contributed by atoms with Crippen molar-refractivity contribution in [2.75, 3.05) is 7.11 Å². The molecule has 0 fully saturated rings. The van der Waals surface area contributed by atoms with Gasteiger partial charge in [0.05, 0.1) is 7.11 Å². The minimum absolute atomic E-state index is 0.0781. The number of hydrogen-bond acceptors (Lipinski definition) is 3. The molecule has 0 bridgehead atoms. The molecule has 0 aliphatic heterocycles. The molecule has 18 heavy (non-hydrogen) atoms. The van der Waals surface area contributed by atoms with Crippen molar-refractivity contribution >= 4 is 11.8 Å². The lowest BCUT2D eigenvalue weighted by Gasteiger charge is -2.18. The van der Waals surface area contributed by atoms with Crippen LogP contribution in [0.3, 0.4) is 0 Å². The number of carbonyl (C=O) groups is 2. The van der Waals surface area contributed by atoms with Crippen LogP contribution in [0.5, 0.6) is 0 Å². The Morgan fingerprint density at radius 1 is 1.17 bits per heavy atom. The fraction of sp³-hybridized carbons (Fsp3) is 0.467. The van der Waals surface area contributed by atoms with E-state index in [1.807, 2.05) is 39.8 Å². The van der Waals surface area contributed by atoms with Gasteiger partial charge in [0.15, 0.2) is 5.78 Å². The molecule has 0 N–H and O–H groups in total. The van der Waals surface area contributed by atoms with Crippen molar-refractivity contribution in [2.45, 2.75) is 27.7 Å². The Bertz CT molecular complexity index is 461. The van der Waals surface area contributed by atoms with E-state index in [9.17, 15) is 9.59 Å². The van der Waals surface area contributed by atoms with Crippen molar-refractivity contribution in [3.8, 4) is 0 Å². The van der Waals surface area contributed by atoms with Gasteiger partial charge in [-0.25, -0.2) is 0 Å². The monoisotopic (exact) mass is 248 g/mol. The second-order valence-corrected chi connectivity index (χ2v) is 4.93. The van der Waals surface area contributed by atoms with E-state index in [4.69, 9.17) is 4.74 Å². The van der Waals surface area contributed by atoms with Gasteiger partial charge >= 0.3 is 5.97 Å². The van der Waals surface area contributed by atoms with E-state index < -0.39 is 11.9 Å². The third-order valence-corrected chi connectivity index (χ3v) is 3.05. The summed E-state index contributed by atoms with van der Waals surface area (Å²) in [5.41, 5.74) is 2.60. The Balaban J connectivity index is 3.14. The summed E-state index contributed by atoms with van der Waals surface area (Å²) >= 11 is 0. The number of methoxy groups -OCH3 is 1. The van der Waals surface area contributed by atoms with Crippen molar-refractivity contribution in [3.05, 3.63) is 34.9 Å². The zero-order chi connectivity index (χ0) is 13.9. The van der Waals surface area contributed by atoms with Gasteiger partial charge in [-0.1, -0.05) is 37.6 Å². The van der Waals surface area contributed by atoms with Crippen LogP contribution in [0, 0.1) is 25.7 Å². The molecular formula is C15H20O3. The average Bonchev–Trinajstić information content (AvgIpc) is 2.28. The number of esters is 1. The summed E-state index contributed by atoms with van der Waals surface area (Å²) < 4.78 is 4.72. The predicted octanol–water partition coefficient (Wildman–Crippen LogP) is 2.93. The van der Waals surface area contributed by atoms with Crippen molar-refractivity contribution < 1.29 is 14.3 Å². The third kappa shape index (κ3) is 2.97. The normalized spacial score (nSPS) is 12.3. The number of ketones is 1. The van der Waals surface area contributed by atoms with E-state index in [1.165, 1.54) is 7.11 Å². The second kappa shape index (κ2) is 5.80. The number of carbonyl (C=O) groups excluding carboxylic acids is 2. The van der Waals surface area contributed by atoms with Gasteiger partial charge in [-0.3, -0.25) is 9.59 Å². The quantitative estimate of drug-likeness (QED) is 0.467. The number of hydrogen-bond donors (Lipinski definition) is 0. The lowest BCUT2D eigenvalue weighted by molar-refractivity contribution is -0.144. The van der Waals surface area contributed by atoms with Gasteiger partial charge in [0.1, 0.15) is 5.92 Å². The van der Waals surface area contributed by atoms with Crippen molar-refractivity contribution in [1.29, 1.82) is 0 Å². The van der Waals surface area contributed by atoms with Crippen LogP contribution in [0.2, 0.25) is 0 Å². The Morgan fingerprint density at radius 2 is 1.78 bits per heavy atom. The summed E-state index contributed by atoms with van der Waals surface area (Å²) in [6, 6.07) is 5.61. The molecule has 0 aliphatic carbocycles. The van der Waals surface area contributed by atoms with Crippen LogP contribution < -0.4 is 0 Å². The Kier molecular flexibility index (Phi) is 4.65. The minimum atomic E-state index is -0.726. The van der Waals surface area contributed by atoms with Crippen LogP contribution in [0.15, 0.2) is 18.2 Å². The summed E-state index contributed by atoms with van der Waals surface area (Å²) in [4.78, 5) is 24.1. The van der Waals surface area contributed by atoms with E-state index in [2.05, 4.69) is 0 Å². The maximum absolute atomic E-state index is 12.4. The standard InChI is InChI=1S/C15H20O3/c1-9(2)13(15(17)18-5)14(16)12-7-6-10(3)8-11(12)4/h6-9,13H,1-5H3. The fourth-order valence-corrected chi connectivity index (χ4v) is 2.07. The van der Waals surface area contributed by atoms with E-state index in [-0.39, 0.29) is 11.7 Å². The molecule has 3 nitrogen and oxygen atoms in total. The number of rotatable bonds is 4. The van der Waals surface area contributed by atoms with Gasteiger partial charge in [0.2, 0.25) is 0 Å². The number of benzene rings is 1.